The van der Waals surface area contributed by atoms with Crippen LogP contribution in [0.15, 0.2) is 24.3 Å². The van der Waals surface area contributed by atoms with Crippen molar-refractivity contribution < 1.29 is 14.7 Å². The van der Waals surface area contributed by atoms with Crippen LogP contribution in [0.1, 0.15) is 24.8 Å². The van der Waals surface area contributed by atoms with Crippen LogP contribution < -0.4 is 0 Å². The minimum absolute atomic E-state index is 0.0111. The third kappa shape index (κ3) is 2.91. The molecule has 1 aromatic carbocycles. The first kappa shape index (κ1) is 14.4. The molecule has 3 rings (SSSR count). The average molecular weight is 308 g/mol. The maximum Gasteiger partial charge on any atom is 0.307 e. The van der Waals surface area contributed by atoms with Crippen LogP contribution in [-0.4, -0.2) is 34.5 Å². The Kier molecular flexibility index (Phi) is 3.89. The summed E-state index contributed by atoms with van der Waals surface area (Å²) >= 11 is 6.19. The van der Waals surface area contributed by atoms with Crippen LogP contribution in [0.5, 0.6) is 0 Å². The van der Waals surface area contributed by atoms with E-state index in [4.69, 9.17) is 16.7 Å². The molecule has 1 saturated heterocycles. The second kappa shape index (κ2) is 5.68. The molecular weight excluding hydrogens is 290 g/mol. The number of halogens is 1. The molecule has 2 fully saturated rings. The van der Waals surface area contributed by atoms with E-state index in [1.807, 2.05) is 29.2 Å². The highest BCUT2D eigenvalue weighted by molar-refractivity contribution is 6.31. The molecule has 0 aromatic heterocycles. The summed E-state index contributed by atoms with van der Waals surface area (Å²) < 4.78 is 0. The van der Waals surface area contributed by atoms with E-state index < -0.39 is 11.9 Å². The van der Waals surface area contributed by atoms with E-state index in [0.717, 1.165) is 36.4 Å². The molecule has 0 radical (unpaired) electrons. The number of carboxylic acid groups (broad SMARTS) is 1. The Balaban J connectivity index is 1.67. The second-order valence-electron chi connectivity index (χ2n) is 5.91. The molecule has 0 spiro atoms. The maximum atomic E-state index is 12.4. The Bertz CT molecular complexity index is 574. The van der Waals surface area contributed by atoms with Crippen LogP contribution in [0.3, 0.4) is 0 Å². The maximum absolute atomic E-state index is 12.4. The summed E-state index contributed by atoms with van der Waals surface area (Å²) in [5, 5.41) is 9.69. The molecule has 1 aliphatic carbocycles. The second-order valence-corrected chi connectivity index (χ2v) is 6.32. The predicted octanol–water partition coefficient (Wildman–Crippen LogP) is 2.59. The first-order valence-electron chi connectivity index (χ1n) is 7.34. The van der Waals surface area contributed by atoms with Gasteiger partial charge in [0.25, 0.3) is 0 Å². The van der Waals surface area contributed by atoms with Gasteiger partial charge in [-0.15, -0.1) is 0 Å². The lowest BCUT2D eigenvalue weighted by atomic mass is 10.0. The zero-order valence-electron chi connectivity index (χ0n) is 11.7. The van der Waals surface area contributed by atoms with Crippen molar-refractivity contribution in [2.24, 2.45) is 11.8 Å². The molecule has 112 valence electrons. The number of aliphatic carboxylic acids is 1. The number of likely N-dealkylation sites (tertiary alicyclic amines) is 1. The largest absolute Gasteiger partial charge is 0.481 e. The SMILES string of the molecule is O=C(O)C1CC1C(=O)N1CCCC1Cc1ccccc1Cl. The van der Waals surface area contributed by atoms with Gasteiger partial charge in [-0.25, -0.2) is 0 Å². The van der Waals surface area contributed by atoms with Gasteiger partial charge in [-0.05, 0) is 37.3 Å². The van der Waals surface area contributed by atoms with Crippen LogP contribution in [0.4, 0.5) is 0 Å². The number of benzene rings is 1. The average Bonchev–Trinajstić information content (AvgIpc) is 3.14. The van der Waals surface area contributed by atoms with Gasteiger partial charge in [-0.2, -0.15) is 0 Å². The van der Waals surface area contributed by atoms with E-state index in [1.165, 1.54) is 0 Å². The predicted molar refractivity (Wildman–Crippen MR) is 79.1 cm³/mol. The lowest BCUT2D eigenvalue weighted by molar-refractivity contribution is -0.142. The normalized spacial score (nSPS) is 27.7. The van der Waals surface area contributed by atoms with Gasteiger partial charge in [0.15, 0.2) is 0 Å². The zero-order valence-corrected chi connectivity index (χ0v) is 12.4. The molecular formula is C16H18ClNO3. The third-order valence-electron chi connectivity index (χ3n) is 4.50. The van der Waals surface area contributed by atoms with Crippen molar-refractivity contribution in [3.05, 3.63) is 34.9 Å². The van der Waals surface area contributed by atoms with Gasteiger partial charge in [-0.1, -0.05) is 29.8 Å². The van der Waals surface area contributed by atoms with Gasteiger partial charge in [0.05, 0.1) is 11.8 Å². The van der Waals surface area contributed by atoms with Gasteiger partial charge in [-0.3, -0.25) is 9.59 Å². The molecule has 3 unspecified atom stereocenters. The lowest BCUT2D eigenvalue weighted by Crippen LogP contribution is -2.38. The van der Waals surface area contributed by atoms with Gasteiger partial charge in [0.1, 0.15) is 0 Å². The van der Waals surface area contributed by atoms with E-state index in [1.54, 1.807) is 0 Å². The summed E-state index contributed by atoms with van der Waals surface area (Å²) in [6, 6.07) is 7.83. The highest BCUT2D eigenvalue weighted by atomic mass is 35.5. The summed E-state index contributed by atoms with van der Waals surface area (Å²) in [6.45, 7) is 0.733. The van der Waals surface area contributed by atoms with Crippen molar-refractivity contribution in [3.8, 4) is 0 Å². The van der Waals surface area contributed by atoms with Gasteiger partial charge in [0.2, 0.25) is 5.91 Å². The third-order valence-corrected chi connectivity index (χ3v) is 4.87. The van der Waals surface area contributed by atoms with Crippen molar-refractivity contribution in [2.75, 3.05) is 6.54 Å². The molecule has 4 nitrogen and oxygen atoms in total. The van der Waals surface area contributed by atoms with Gasteiger partial charge < -0.3 is 10.0 Å². The van der Waals surface area contributed by atoms with E-state index >= 15 is 0 Å². The van der Waals surface area contributed by atoms with E-state index in [9.17, 15) is 9.59 Å². The quantitative estimate of drug-likeness (QED) is 0.930. The van der Waals surface area contributed by atoms with E-state index in [0.29, 0.717) is 6.42 Å². The summed E-state index contributed by atoms with van der Waals surface area (Å²) in [6.07, 6.45) is 3.17. The van der Waals surface area contributed by atoms with Gasteiger partial charge >= 0.3 is 5.97 Å². The number of hydrogen-bond donors (Lipinski definition) is 1. The highest BCUT2D eigenvalue weighted by Crippen LogP contribution is 2.41. The topological polar surface area (TPSA) is 57.6 Å². The minimum atomic E-state index is -0.852. The van der Waals surface area contributed by atoms with Crippen LogP contribution in [0.25, 0.3) is 0 Å². The fourth-order valence-corrected chi connectivity index (χ4v) is 3.42. The standard InChI is InChI=1S/C16H18ClNO3/c17-14-6-2-1-4-10(14)8-11-5-3-7-18(11)15(19)12-9-13(12)16(20)21/h1-2,4,6,11-13H,3,5,7-9H2,(H,20,21). The van der Waals surface area contributed by atoms with Crippen LogP contribution in [0, 0.1) is 11.8 Å². The molecule has 1 aliphatic heterocycles. The van der Waals surface area contributed by atoms with Crippen molar-refractivity contribution in [3.63, 3.8) is 0 Å². The Labute approximate surface area is 128 Å². The Hall–Kier alpha value is -1.55. The fourth-order valence-electron chi connectivity index (χ4n) is 3.21. The molecule has 5 heteroatoms. The number of amides is 1. The van der Waals surface area contributed by atoms with Crippen molar-refractivity contribution in [1.29, 1.82) is 0 Å². The smallest absolute Gasteiger partial charge is 0.307 e. The summed E-state index contributed by atoms with van der Waals surface area (Å²) in [7, 11) is 0. The van der Waals surface area contributed by atoms with Crippen molar-refractivity contribution in [2.45, 2.75) is 31.7 Å². The van der Waals surface area contributed by atoms with Gasteiger partial charge in [0, 0.05) is 17.6 Å². The molecule has 1 amide bonds. The molecule has 1 N–H and O–H groups in total. The molecule has 1 heterocycles. The first-order valence-corrected chi connectivity index (χ1v) is 7.72. The molecule has 1 saturated carbocycles. The Morgan fingerprint density at radius 2 is 2.05 bits per heavy atom. The number of hydrogen-bond acceptors (Lipinski definition) is 2. The monoisotopic (exact) mass is 307 g/mol. The Morgan fingerprint density at radius 1 is 1.29 bits per heavy atom. The lowest BCUT2D eigenvalue weighted by Gasteiger charge is -2.25. The zero-order chi connectivity index (χ0) is 15.0. The number of nitrogens with zero attached hydrogens (tertiary/aromatic N) is 1. The number of carboxylic acids is 1. The molecule has 2 aliphatic rings. The number of rotatable bonds is 4. The number of carbonyl (C=O) groups excluding carboxylic acids is 1. The summed E-state index contributed by atoms with van der Waals surface area (Å²) in [4.78, 5) is 25.2. The molecule has 1 aromatic rings. The van der Waals surface area contributed by atoms with Crippen LogP contribution in [0.2, 0.25) is 5.02 Å². The number of carbonyl (C=O) groups is 2. The van der Waals surface area contributed by atoms with E-state index in [-0.39, 0.29) is 17.9 Å². The highest BCUT2D eigenvalue weighted by Gasteiger charge is 2.51. The minimum Gasteiger partial charge on any atom is -0.481 e. The van der Waals surface area contributed by atoms with E-state index in [2.05, 4.69) is 0 Å². The van der Waals surface area contributed by atoms with Crippen molar-refractivity contribution in [1.82, 2.24) is 4.90 Å². The summed E-state index contributed by atoms with van der Waals surface area (Å²) in [5.74, 6) is -1.62. The van der Waals surface area contributed by atoms with Crippen molar-refractivity contribution >= 4 is 23.5 Å². The molecule has 21 heavy (non-hydrogen) atoms. The summed E-state index contributed by atoms with van der Waals surface area (Å²) in [5.41, 5.74) is 1.05. The molecule has 0 bridgehead atoms. The van der Waals surface area contributed by atoms with Crippen LogP contribution >= 0.6 is 11.6 Å². The molecule has 3 atom stereocenters. The Morgan fingerprint density at radius 3 is 2.71 bits per heavy atom. The van der Waals surface area contributed by atoms with Crippen LogP contribution in [-0.2, 0) is 16.0 Å². The first-order chi connectivity index (χ1) is 10.1. The fraction of sp³-hybridized carbons (Fsp3) is 0.500.